The SMILES string of the molecule is CCCCC/C=C\P(=S)(c1ccccc1)c1ccccc1. The minimum atomic E-state index is -1.82. The lowest BCUT2D eigenvalue weighted by molar-refractivity contribution is 0.729. The fraction of sp³-hybridized carbons (Fsp3) is 0.263. The third-order valence-corrected chi connectivity index (χ3v) is 7.96. The molecule has 0 fully saturated rings. The molecule has 0 radical (unpaired) electrons. The van der Waals surface area contributed by atoms with Crippen molar-refractivity contribution in [2.24, 2.45) is 0 Å². The second-order valence-electron chi connectivity index (χ2n) is 5.21. The van der Waals surface area contributed by atoms with Crippen LogP contribution in [0.25, 0.3) is 0 Å². The van der Waals surface area contributed by atoms with Crippen LogP contribution in [0.5, 0.6) is 0 Å². The van der Waals surface area contributed by atoms with Crippen LogP contribution in [0.3, 0.4) is 0 Å². The van der Waals surface area contributed by atoms with E-state index in [1.54, 1.807) is 0 Å². The topological polar surface area (TPSA) is 0 Å². The Hall–Kier alpha value is -1.17. The van der Waals surface area contributed by atoms with Crippen molar-refractivity contribution in [2.75, 3.05) is 0 Å². The molecule has 2 aromatic rings. The van der Waals surface area contributed by atoms with Crippen molar-refractivity contribution in [3.05, 3.63) is 72.6 Å². The molecule has 0 unspecified atom stereocenters. The maximum Gasteiger partial charge on any atom is 0.0307 e. The second kappa shape index (κ2) is 8.32. The number of benzene rings is 2. The van der Waals surface area contributed by atoms with Gasteiger partial charge in [0.2, 0.25) is 0 Å². The first-order valence-corrected chi connectivity index (χ1v) is 10.5. The summed E-state index contributed by atoms with van der Waals surface area (Å²) in [5.74, 6) is 2.31. The van der Waals surface area contributed by atoms with E-state index in [0.717, 1.165) is 6.42 Å². The molecule has 2 rings (SSSR count). The van der Waals surface area contributed by atoms with Gasteiger partial charge in [0.05, 0.1) is 0 Å². The molecule has 21 heavy (non-hydrogen) atoms. The van der Waals surface area contributed by atoms with Crippen molar-refractivity contribution in [1.82, 2.24) is 0 Å². The van der Waals surface area contributed by atoms with E-state index in [1.807, 2.05) is 0 Å². The van der Waals surface area contributed by atoms with E-state index in [9.17, 15) is 0 Å². The Morgan fingerprint density at radius 1 is 0.857 bits per heavy atom. The Labute approximate surface area is 133 Å². The monoisotopic (exact) mass is 314 g/mol. The highest BCUT2D eigenvalue weighted by atomic mass is 32.4. The molecule has 0 nitrogen and oxygen atoms in total. The van der Waals surface area contributed by atoms with Gasteiger partial charge in [-0.05, 0) is 29.3 Å². The molecule has 0 heterocycles. The molecule has 0 bridgehead atoms. The summed E-state index contributed by atoms with van der Waals surface area (Å²) in [5, 5.41) is 2.55. The summed E-state index contributed by atoms with van der Waals surface area (Å²) in [6.45, 7) is 2.24. The molecule has 0 aromatic heterocycles. The van der Waals surface area contributed by atoms with Crippen LogP contribution < -0.4 is 10.6 Å². The zero-order chi connectivity index (χ0) is 15.0. The summed E-state index contributed by atoms with van der Waals surface area (Å²) in [7, 11) is 0. The third kappa shape index (κ3) is 4.40. The van der Waals surface area contributed by atoms with Crippen molar-refractivity contribution in [3.63, 3.8) is 0 Å². The summed E-state index contributed by atoms with van der Waals surface area (Å²) in [4.78, 5) is 0. The lowest BCUT2D eigenvalue weighted by atomic mass is 10.2. The Morgan fingerprint density at radius 2 is 1.38 bits per heavy atom. The number of allylic oxidation sites excluding steroid dienone is 1. The number of unbranched alkanes of at least 4 members (excludes halogenated alkanes) is 3. The largest absolute Gasteiger partial charge is 0.0832 e. The summed E-state index contributed by atoms with van der Waals surface area (Å²) >= 11 is 6.14. The molecule has 0 amide bonds. The van der Waals surface area contributed by atoms with E-state index in [0.29, 0.717) is 0 Å². The quantitative estimate of drug-likeness (QED) is 0.499. The zero-order valence-corrected chi connectivity index (χ0v) is 14.3. The lowest BCUT2D eigenvalue weighted by Gasteiger charge is -2.19. The molecule has 2 heteroatoms. The molecule has 0 N–H and O–H groups in total. The van der Waals surface area contributed by atoms with Gasteiger partial charge in [-0.15, -0.1) is 0 Å². The first-order chi connectivity index (χ1) is 10.3. The molecule has 0 aliphatic carbocycles. The van der Waals surface area contributed by atoms with Gasteiger partial charge in [-0.2, -0.15) is 0 Å². The molecule has 2 aromatic carbocycles. The van der Waals surface area contributed by atoms with Gasteiger partial charge < -0.3 is 0 Å². The molecule has 0 aliphatic rings. The Balaban J connectivity index is 2.30. The molecule has 0 spiro atoms. The molecule has 0 saturated carbocycles. The van der Waals surface area contributed by atoms with Crippen LogP contribution in [-0.2, 0) is 11.8 Å². The molecule has 0 atom stereocenters. The van der Waals surface area contributed by atoms with E-state index < -0.39 is 6.04 Å². The van der Waals surface area contributed by atoms with Gasteiger partial charge in [0, 0.05) is 6.04 Å². The van der Waals surface area contributed by atoms with Crippen LogP contribution in [0.1, 0.15) is 32.6 Å². The van der Waals surface area contributed by atoms with Crippen LogP contribution in [0.15, 0.2) is 72.6 Å². The standard InChI is InChI=1S/C19H23PS/c1-2-3-4-5-12-17-20(21,18-13-8-6-9-14-18)19-15-10-7-11-16-19/h6-17H,2-5H2,1H3/b17-12-. The third-order valence-electron chi connectivity index (χ3n) is 3.57. The van der Waals surface area contributed by atoms with Crippen LogP contribution in [0.2, 0.25) is 0 Å². The Bertz CT molecular complexity index is 558. The average Bonchev–Trinajstić information content (AvgIpc) is 2.56. The summed E-state index contributed by atoms with van der Waals surface area (Å²) in [5.41, 5.74) is 0. The summed E-state index contributed by atoms with van der Waals surface area (Å²) < 4.78 is 0. The zero-order valence-electron chi connectivity index (χ0n) is 12.6. The van der Waals surface area contributed by atoms with E-state index in [2.05, 4.69) is 79.5 Å². The van der Waals surface area contributed by atoms with Gasteiger partial charge >= 0.3 is 0 Å². The van der Waals surface area contributed by atoms with Gasteiger partial charge in [-0.3, -0.25) is 0 Å². The van der Waals surface area contributed by atoms with Crippen molar-refractivity contribution in [3.8, 4) is 0 Å². The first kappa shape index (κ1) is 16.2. The van der Waals surface area contributed by atoms with Gasteiger partial charge in [-0.25, -0.2) is 0 Å². The highest BCUT2D eigenvalue weighted by molar-refractivity contribution is 8.23. The van der Waals surface area contributed by atoms with E-state index in [4.69, 9.17) is 11.8 Å². The molecule has 0 aliphatic heterocycles. The Morgan fingerprint density at radius 3 is 1.86 bits per heavy atom. The van der Waals surface area contributed by atoms with Crippen LogP contribution in [0.4, 0.5) is 0 Å². The van der Waals surface area contributed by atoms with Crippen LogP contribution in [-0.4, -0.2) is 0 Å². The number of hydrogen-bond donors (Lipinski definition) is 0. The maximum atomic E-state index is 6.14. The fourth-order valence-corrected chi connectivity index (χ4v) is 5.66. The highest BCUT2D eigenvalue weighted by Gasteiger charge is 2.18. The predicted molar refractivity (Wildman–Crippen MR) is 99.7 cm³/mol. The van der Waals surface area contributed by atoms with Crippen molar-refractivity contribution < 1.29 is 0 Å². The number of hydrogen-bond acceptors (Lipinski definition) is 1. The van der Waals surface area contributed by atoms with E-state index in [-0.39, 0.29) is 0 Å². The van der Waals surface area contributed by atoms with Gasteiger partial charge in [-0.1, -0.05) is 98.3 Å². The molecular weight excluding hydrogens is 291 g/mol. The molecular formula is C19H23PS. The Kier molecular flexibility index (Phi) is 6.42. The lowest BCUT2D eigenvalue weighted by Crippen LogP contribution is -2.13. The van der Waals surface area contributed by atoms with Gasteiger partial charge in [0.1, 0.15) is 0 Å². The van der Waals surface area contributed by atoms with Crippen LogP contribution in [0, 0.1) is 0 Å². The second-order valence-corrected chi connectivity index (χ2v) is 9.58. The summed E-state index contributed by atoms with van der Waals surface area (Å²) in [6, 6.07) is 19.3. The minimum Gasteiger partial charge on any atom is -0.0832 e. The normalized spacial score (nSPS) is 11.9. The maximum absolute atomic E-state index is 6.14. The van der Waals surface area contributed by atoms with Crippen molar-refractivity contribution >= 4 is 28.5 Å². The predicted octanol–water partition coefficient (Wildman–Crippen LogP) is 5.21. The molecule has 110 valence electrons. The van der Waals surface area contributed by atoms with E-state index >= 15 is 0 Å². The fourth-order valence-electron chi connectivity index (χ4n) is 2.36. The van der Waals surface area contributed by atoms with Crippen molar-refractivity contribution in [1.29, 1.82) is 0 Å². The average molecular weight is 314 g/mol. The van der Waals surface area contributed by atoms with Crippen LogP contribution >= 0.6 is 6.04 Å². The van der Waals surface area contributed by atoms with Gasteiger partial charge in [0.25, 0.3) is 0 Å². The first-order valence-electron chi connectivity index (χ1n) is 7.66. The van der Waals surface area contributed by atoms with Gasteiger partial charge in [0.15, 0.2) is 0 Å². The summed E-state index contributed by atoms with van der Waals surface area (Å²) in [6.07, 6.45) is 7.25. The molecule has 0 saturated heterocycles. The van der Waals surface area contributed by atoms with E-state index in [1.165, 1.54) is 29.9 Å². The minimum absolute atomic E-state index is 1.13. The highest BCUT2D eigenvalue weighted by Crippen LogP contribution is 2.45. The number of rotatable bonds is 7. The smallest absolute Gasteiger partial charge is 0.0307 e. The van der Waals surface area contributed by atoms with Crippen molar-refractivity contribution in [2.45, 2.75) is 32.6 Å².